The molecule has 1 fully saturated rings. The van der Waals surface area contributed by atoms with Crippen molar-refractivity contribution < 1.29 is 19.6 Å². The number of phenols is 1. The van der Waals surface area contributed by atoms with Crippen LogP contribution in [0.3, 0.4) is 0 Å². The number of nitro groups is 1. The average Bonchev–Trinajstić information content (AvgIpc) is 3.32. The minimum absolute atomic E-state index is 0.0119. The minimum Gasteiger partial charge on any atom is -0.507 e. The van der Waals surface area contributed by atoms with E-state index in [-0.39, 0.29) is 23.0 Å². The number of aromatic amines is 1. The largest absolute Gasteiger partial charge is 0.507 e. The van der Waals surface area contributed by atoms with Crippen molar-refractivity contribution in [2.75, 3.05) is 26.2 Å². The van der Waals surface area contributed by atoms with Crippen LogP contribution in [-0.4, -0.2) is 51.9 Å². The maximum Gasteiger partial charge on any atom is 0.271 e. The number of hydrogen-bond donors (Lipinski definition) is 3. The molecule has 2 aromatic carbocycles. The van der Waals surface area contributed by atoms with Crippen LogP contribution in [0.15, 0.2) is 42.3 Å². The van der Waals surface area contributed by atoms with E-state index in [1.54, 1.807) is 24.4 Å². The van der Waals surface area contributed by atoms with E-state index in [9.17, 15) is 20.0 Å². The fourth-order valence-corrected chi connectivity index (χ4v) is 4.05. The summed E-state index contributed by atoms with van der Waals surface area (Å²) in [7, 11) is 0. The number of nitrogens with zero attached hydrogens (tertiary/aromatic N) is 2. The van der Waals surface area contributed by atoms with Gasteiger partial charge in [-0.2, -0.15) is 0 Å². The highest BCUT2D eigenvalue weighted by atomic mass is 16.6. The van der Waals surface area contributed by atoms with Crippen molar-refractivity contribution in [2.24, 2.45) is 0 Å². The van der Waals surface area contributed by atoms with E-state index in [0.717, 1.165) is 31.6 Å². The zero-order chi connectivity index (χ0) is 21.5. The van der Waals surface area contributed by atoms with E-state index in [1.165, 1.54) is 18.2 Å². The van der Waals surface area contributed by atoms with E-state index < -0.39 is 4.92 Å². The molecule has 158 valence electrons. The molecule has 0 unspecified atom stereocenters. The lowest BCUT2D eigenvalue weighted by Gasteiger charge is -2.27. The molecule has 9 heteroatoms. The van der Waals surface area contributed by atoms with Crippen molar-refractivity contribution >= 4 is 28.4 Å². The van der Waals surface area contributed by atoms with Gasteiger partial charge in [0.2, 0.25) is 5.78 Å². The van der Waals surface area contributed by atoms with Crippen molar-refractivity contribution in [2.45, 2.75) is 6.54 Å². The summed E-state index contributed by atoms with van der Waals surface area (Å²) in [6.45, 7) is 3.94. The van der Waals surface area contributed by atoms with Gasteiger partial charge in [0.25, 0.3) is 5.69 Å². The van der Waals surface area contributed by atoms with Crippen molar-refractivity contribution in [1.29, 1.82) is 0 Å². The number of fused-ring (bicyclic) bond motifs is 2. The molecule has 0 atom stereocenters. The second kappa shape index (κ2) is 7.53. The molecule has 3 aromatic rings. The Morgan fingerprint density at radius 2 is 2.03 bits per heavy atom. The average molecular weight is 420 g/mol. The lowest BCUT2D eigenvalue weighted by molar-refractivity contribution is -0.384. The van der Waals surface area contributed by atoms with Crippen molar-refractivity contribution in [1.82, 2.24) is 15.2 Å². The van der Waals surface area contributed by atoms with Crippen LogP contribution in [0.5, 0.6) is 11.5 Å². The van der Waals surface area contributed by atoms with Gasteiger partial charge in [0.1, 0.15) is 11.5 Å². The zero-order valence-electron chi connectivity index (χ0n) is 16.6. The SMILES string of the molecule is O=C1C(=Cc2c[nH]c3cc([N+](=O)[O-])ccc23)Oc2c1ccc(O)c2CN1CCNCC1. The molecule has 3 N–H and O–H groups in total. The number of Topliss-reactive ketones (excluding diaryl/α,β-unsaturated/α-hetero) is 1. The van der Waals surface area contributed by atoms with Crippen LogP contribution < -0.4 is 10.1 Å². The van der Waals surface area contributed by atoms with Crippen molar-refractivity contribution in [3.63, 3.8) is 0 Å². The van der Waals surface area contributed by atoms with Gasteiger partial charge in [0.05, 0.1) is 21.6 Å². The fourth-order valence-electron chi connectivity index (χ4n) is 4.05. The first-order chi connectivity index (χ1) is 15.0. The smallest absolute Gasteiger partial charge is 0.271 e. The number of nitrogens with one attached hydrogen (secondary N) is 2. The van der Waals surface area contributed by atoms with Crippen LogP contribution in [0.4, 0.5) is 5.69 Å². The molecule has 0 amide bonds. The summed E-state index contributed by atoms with van der Waals surface area (Å²) in [5.74, 6) is 0.394. The van der Waals surface area contributed by atoms with E-state index in [0.29, 0.717) is 34.5 Å². The molecule has 0 saturated carbocycles. The molecule has 0 spiro atoms. The summed E-state index contributed by atoms with van der Waals surface area (Å²) in [5, 5.41) is 25.5. The maximum absolute atomic E-state index is 13.0. The molecule has 0 radical (unpaired) electrons. The second-order valence-electron chi connectivity index (χ2n) is 7.64. The Kier molecular flexibility index (Phi) is 4.68. The molecular formula is C22H20N4O5. The molecular weight excluding hydrogens is 400 g/mol. The predicted octanol–water partition coefficient (Wildman–Crippen LogP) is 2.80. The van der Waals surface area contributed by atoms with E-state index >= 15 is 0 Å². The molecule has 1 saturated heterocycles. The number of ketones is 1. The number of rotatable bonds is 4. The van der Waals surface area contributed by atoms with Crippen LogP contribution in [-0.2, 0) is 6.54 Å². The molecule has 5 rings (SSSR count). The summed E-state index contributed by atoms with van der Waals surface area (Å²) >= 11 is 0. The second-order valence-corrected chi connectivity index (χ2v) is 7.64. The molecule has 0 bridgehead atoms. The van der Waals surface area contributed by atoms with E-state index in [4.69, 9.17) is 4.74 Å². The first kappa shape index (κ1) is 19.3. The Morgan fingerprint density at radius 1 is 1.23 bits per heavy atom. The topological polar surface area (TPSA) is 121 Å². The molecule has 2 aliphatic rings. The van der Waals surface area contributed by atoms with E-state index in [1.807, 2.05) is 0 Å². The number of carbonyl (C=O) groups is 1. The van der Waals surface area contributed by atoms with Crippen LogP contribution in [0, 0.1) is 10.1 Å². The Balaban J connectivity index is 1.48. The number of hydrogen-bond acceptors (Lipinski definition) is 7. The minimum atomic E-state index is -0.453. The number of non-ortho nitro benzene ring substituents is 1. The van der Waals surface area contributed by atoms with Crippen molar-refractivity contribution in [3.05, 3.63) is 69.1 Å². The monoisotopic (exact) mass is 420 g/mol. The predicted molar refractivity (Wildman–Crippen MR) is 114 cm³/mol. The van der Waals surface area contributed by atoms with Crippen LogP contribution >= 0.6 is 0 Å². The number of benzene rings is 2. The first-order valence-electron chi connectivity index (χ1n) is 9.99. The maximum atomic E-state index is 13.0. The number of nitro benzene ring substituents is 1. The molecule has 0 aliphatic carbocycles. The van der Waals surface area contributed by atoms with Gasteiger partial charge in [-0.15, -0.1) is 0 Å². The van der Waals surface area contributed by atoms with Gasteiger partial charge in [-0.3, -0.25) is 19.8 Å². The first-order valence-corrected chi connectivity index (χ1v) is 9.99. The van der Waals surface area contributed by atoms with E-state index in [2.05, 4.69) is 15.2 Å². The van der Waals surface area contributed by atoms with Crippen molar-refractivity contribution in [3.8, 4) is 11.5 Å². The Morgan fingerprint density at radius 3 is 2.81 bits per heavy atom. The van der Waals surface area contributed by atoms with Gasteiger partial charge < -0.3 is 20.1 Å². The Labute approximate surface area is 177 Å². The number of carbonyl (C=O) groups excluding carboxylic acids is 1. The number of piperazine rings is 1. The summed E-state index contributed by atoms with van der Waals surface area (Å²) < 4.78 is 5.94. The highest BCUT2D eigenvalue weighted by molar-refractivity contribution is 6.15. The fraction of sp³-hybridized carbons (Fsp3) is 0.227. The van der Waals surface area contributed by atoms with Gasteiger partial charge in [-0.25, -0.2) is 0 Å². The zero-order valence-corrected chi connectivity index (χ0v) is 16.6. The Hall–Kier alpha value is -3.69. The van der Waals surface area contributed by atoms with Crippen LogP contribution in [0.25, 0.3) is 17.0 Å². The Bertz CT molecular complexity index is 1240. The number of ether oxygens (including phenoxy) is 1. The number of phenolic OH excluding ortho intramolecular Hbond substituents is 1. The number of H-pyrrole nitrogens is 1. The van der Waals surface area contributed by atoms with Crippen LogP contribution in [0.2, 0.25) is 0 Å². The molecule has 2 aliphatic heterocycles. The number of aromatic hydroxyl groups is 1. The lowest BCUT2D eigenvalue weighted by Crippen LogP contribution is -2.42. The summed E-state index contributed by atoms with van der Waals surface area (Å²) in [6.07, 6.45) is 3.30. The third-order valence-corrected chi connectivity index (χ3v) is 5.70. The normalized spacial score (nSPS) is 17.8. The molecule has 3 heterocycles. The third-order valence-electron chi connectivity index (χ3n) is 5.70. The molecule has 1 aromatic heterocycles. The highest BCUT2D eigenvalue weighted by Gasteiger charge is 2.32. The number of aromatic nitrogens is 1. The third kappa shape index (κ3) is 3.43. The van der Waals surface area contributed by atoms with Crippen LogP contribution in [0.1, 0.15) is 21.5 Å². The summed E-state index contributed by atoms with van der Waals surface area (Å²) in [4.78, 5) is 28.7. The molecule has 9 nitrogen and oxygen atoms in total. The van der Waals surface area contributed by atoms with Gasteiger partial charge in [0.15, 0.2) is 5.76 Å². The van der Waals surface area contributed by atoms with Gasteiger partial charge in [0, 0.05) is 62.0 Å². The van der Waals surface area contributed by atoms with Gasteiger partial charge in [-0.05, 0) is 24.3 Å². The summed E-state index contributed by atoms with van der Waals surface area (Å²) in [5.41, 5.74) is 2.30. The van der Waals surface area contributed by atoms with Gasteiger partial charge in [-0.1, -0.05) is 0 Å². The molecule has 31 heavy (non-hydrogen) atoms. The quantitative estimate of drug-likeness (QED) is 0.337. The standard InChI is InChI=1S/C22H20N4O5/c27-19-4-3-16-21(28)20(31-22(16)17(19)12-25-7-5-23-6-8-25)9-13-11-24-18-10-14(26(29)30)1-2-15(13)18/h1-4,9-11,23-24,27H,5-8,12H2. The highest BCUT2D eigenvalue weighted by Crippen LogP contribution is 2.40. The lowest BCUT2D eigenvalue weighted by atomic mass is 10.0. The number of allylic oxidation sites excluding steroid dienone is 1. The van der Waals surface area contributed by atoms with Gasteiger partial charge >= 0.3 is 0 Å². The summed E-state index contributed by atoms with van der Waals surface area (Å²) in [6, 6.07) is 7.63.